The van der Waals surface area contributed by atoms with Crippen molar-refractivity contribution in [2.24, 2.45) is 0 Å². The summed E-state index contributed by atoms with van der Waals surface area (Å²) in [6.07, 6.45) is 0. The van der Waals surface area contributed by atoms with Gasteiger partial charge in [-0.3, -0.25) is 10.1 Å². The second-order valence-corrected chi connectivity index (χ2v) is 5.16. The van der Waals surface area contributed by atoms with Gasteiger partial charge >= 0.3 is 6.01 Å². The molecule has 2 aromatic heterocycles. The molecule has 3 aromatic rings. The number of amides is 1. The van der Waals surface area contributed by atoms with Gasteiger partial charge in [0.1, 0.15) is 11.5 Å². The number of carbonyl (C=O) groups excluding carboxylic acids is 1. The van der Waals surface area contributed by atoms with Crippen molar-refractivity contribution < 1.29 is 13.6 Å². The van der Waals surface area contributed by atoms with Crippen molar-refractivity contribution in [3.05, 3.63) is 46.0 Å². The number of aromatic nitrogens is 3. The van der Waals surface area contributed by atoms with Crippen LogP contribution in [0.4, 0.5) is 10.4 Å². The normalized spacial score (nSPS) is 10.6. The Bertz CT molecular complexity index is 799. The molecular formula is C13H9FN4O2S. The number of benzene rings is 1. The topological polar surface area (TPSA) is 80.9 Å². The van der Waals surface area contributed by atoms with Gasteiger partial charge in [0.15, 0.2) is 0 Å². The first kappa shape index (κ1) is 13.4. The van der Waals surface area contributed by atoms with Crippen LogP contribution in [0.25, 0.3) is 11.6 Å². The molecule has 1 aromatic carbocycles. The van der Waals surface area contributed by atoms with Gasteiger partial charge in [0.25, 0.3) is 11.8 Å². The van der Waals surface area contributed by atoms with E-state index < -0.39 is 11.7 Å². The first-order valence-corrected chi connectivity index (χ1v) is 6.83. The average molecular weight is 304 g/mol. The number of rotatable bonds is 3. The maximum absolute atomic E-state index is 13.5. The summed E-state index contributed by atoms with van der Waals surface area (Å²) in [5, 5.41) is 12.5. The van der Waals surface area contributed by atoms with Crippen LogP contribution in [0.2, 0.25) is 0 Å². The molecule has 0 saturated heterocycles. The Labute approximate surface area is 122 Å². The minimum absolute atomic E-state index is 0.0956. The van der Waals surface area contributed by atoms with Crippen LogP contribution >= 0.6 is 11.3 Å². The van der Waals surface area contributed by atoms with Gasteiger partial charge in [0.05, 0.1) is 10.6 Å². The number of hydrogen-bond donors (Lipinski definition) is 1. The Morgan fingerprint density at radius 1 is 1.33 bits per heavy atom. The highest BCUT2D eigenvalue weighted by molar-refractivity contribution is 7.09. The Kier molecular flexibility index (Phi) is 3.44. The fourth-order valence-electron chi connectivity index (χ4n) is 1.65. The highest BCUT2D eigenvalue weighted by Crippen LogP contribution is 2.22. The van der Waals surface area contributed by atoms with Gasteiger partial charge in [0.2, 0.25) is 0 Å². The molecule has 106 valence electrons. The number of hydrogen-bond acceptors (Lipinski definition) is 6. The van der Waals surface area contributed by atoms with Gasteiger partial charge in [-0.25, -0.2) is 9.37 Å². The zero-order valence-electron chi connectivity index (χ0n) is 10.8. The van der Waals surface area contributed by atoms with E-state index in [-0.39, 0.29) is 17.5 Å². The average Bonchev–Trinajstić information content (AvgIpc) is 3.08. The molecule has 0 spiro atoms. The minimum atomic E-state index is -0.655. The molecule has 1 N–H and O–H groups in total. The number of nitrogens with zero attached hydrogens (tertiary/aromatic N) is 3. The lowest BCUT2D eigenvalue weighted by molar-refractivity contribution is 0.102. The van der Waals surface area contributed by atoms with Crippen LogP contribution in [-0.4, -0.2) is 21.1 Å². The number of halogens is 1. The van der Waals surface area contributed by atoms with E-state index in [2.05, 4.69) is 20.5 Å². The summed E-state index contributed by atoms with van der Waals surface area (Å²) >= 11 is 1.45. The highest BCUT2D eigenvalue weighted by atomic mass is 32.1. The molecule has 0 bridgehead atoms. The van der Waals surface area contributed by atoms with E-state index in [1.54, 1.807) is 11.4 Å². The lowest BCUT2D eigenvalue weighted by Crippen LogP contribution is -2.13. The third kappa shape index (κ3) is 2.79. The lowest BCUT2D eigenvalue weighted by Gasteiger charge is -2.01. The quantitative estimate of drug-likeness (QED) is 0.804. The maximum Gasteiger partial charge on any atom is 0.322 e. The fourth-order valence-corrected chi connectivity index (χ4v) is 2.24. The third-order valence-corrected chi connectivity index (χ3v) is 3.38. The van der Waals surface area contributed by atoms with Crippen molar-refractivity contribution in [2.75, 3.05) is 5.32 Å². The molecule has 0 saturated carbocycles. The monoisotopic (exact) mass is 304 g/mol. The summed E-state index contributed by atoms with van der Waals surface area (Å²) < 4.78 is 18.8. The van der Waals surface area contributed by atoms with Crippen LogP contribution in [0, 0.1) is 12.7 Å². The molecule has 8 heteroatoms. The Morgan fingerprint density at radius 2 is 2.14 bits per heavy atom. The van der Waals surface area contributed by atoms with Gasteiger partial charge in [-0.2, -0.15) is 0 Å². The van der Waals surface area contributed by atoms with E-state index in [0.717, 1.165) is 5.01 Å². The number of aryl methyl sites for hydroxylation is 1. The van der Waals surface area contributed by atoms with E-state index in [1.807, 2.05) is 6.92 Å². The molecule has 0 aliphatic rings. The predicted molar refractivity (Wildman–Crippen MR) is 74.5 cm³/mol. The van der Waals surface area contributed by atoms with Crippen LogP contribution in [0.1, 0.15) is 15.4 Å². The second kappa shape index (κ2) is 5.41. The molecule has 21 heavy (non-hydrogen) atoms. The van der Waals surface area contributed by atoms with E-state index >= 15 is 0 Å². The fraction of sp³-hybridized carbons (Fsp3) is 0.0769. The van der Waals surface area contributed by atoms with Gasteiger partial charge in [0, 0.05) is 5.38 Å². The Balaban J connectivity index is 1.79. The van der Waals surface area contributed by atoms with E-state index in [4.69, 9.17) is 4.42 Å². The van der Waals surface area contributed by atoms with Crippen molar-refractivity contribution in [3.8, 4) is 11.6 Å². The molecule has 0 unspecified atom stereocenters. The van der Waals surface area contributed by atoms with Crippen molar-refractivity contribution in [1.82, 2.24) is 15.2 Å². The summed E-state index contributed by atoms with van der Waals surface area (Å²) in [4.78, 5) is 16.1. The van der Waals surface area contributed by atoms with E-state index in [0.29, 0.717) is 5.69 Å². The zero-order valence-corrected chi connectivity index (χ0v) is 11.6. The van der Waals surface area contributed by atoms with Crippen LogP contribution < -0.4 is 5.32 Å². The zero-order chi connectivity index (χ0) is 14.8. The smallest absolute Gasteiger partial charge is 0.322 e. The SMILES string of the molecule is Cc1nc(-c2nnc(NC(=O)c3ccccc3F)o2)cs1. The maximum atomic E-state index is 13.5. The van der Waals surface area contributed by atoms with Crippen LogP contribution in [0.3, 0.4) is 0 Å². The Hall–Kier alpha value is -2.61. The number of carbonyl (C=O) groups is 1. The van der Waals surface area contributed by atoms with Crippen LogP contribution in [0.15, 0.2) is 34.1 Å². The van der Waals surface area contributed by atoms with E-state index in [9.17, 15) is 9.18 Å². The molecule has 0 fully saturated rings. The predicted octanol–water partition coefficient (Wildman–Crippen LogP) is 2.89. The number of anilines is 1. The molecule has 0 aliphatic carbocycles. The minimum Gasteiger partial charge on any atom is -0.401 e. The molecule has 0 aliphatic heterocycles. The van der Waals surface area contributed by atoms with Gasteiger partial charge in [-0.05, 0) is 19.1 Å². The van der Waals surface area contributed by atoms with Crippen molar-refractivity contribution in [2.45, 2.75) is 6.92 Å². The first-order valence-electron chi connectivity index (χ1n) is 5.95. The molecule has 2 heterocycles. The highest BCUT2D eigenvalue weighted by Gasteiger charge is 2.16. The molecule has 1 amide bonds. The van der Waals surface area contributed by atoms with Gasteiger partial charge in [-0.1, -0.05) is 17.2 Å². The summed E-state index contributed by atoms with van der Waals surface area (Å²) in [7, 11) is 0. The summed E-state index contributed by atoms with van der Waals surface area (Å²) in [6.45, 7) is 1.85. The first-order chi connectivity index (χ1) is 10.1. The molecular weight excluding hydrogens is 295 g/mol. The summed E-state index contributed by atoms with van der Waals surface area (Å²) in [5.74, 6) is -1.08. The summed E-state index contributed by atoms with van der Waals surface area (Å²) in [6, 6.07) is 5.53. The van der Waals surface area contributed by atoms with Gasteiger partial charge < -0.3 is 4.42 Å². The van der Waals surface area contributed by atoms with Crippen molar-refractivity contribution >= 4 is 23.3 Å². The molecule has 0 radical (unpaired) electrons. The van der Waals surface area contributed by atoms with Crippen LogP contribution in [-0.2, 0) is 0 Å². The third-order valence-electron chi connectivity index (χ3n) is 2.60. The lowest BCUT2D eigenvalue weighted by atomic mass is 10.2. The molecule has 6 nitrogen and oxygen atoms in total. The molecule has 0 atom stereocenters. The number of thiazole rings is 1. The summed E-state index contributed by atoms with van der Waals surface area (Å²) in [5.41, 5.74) is 0.443. The standard InChI is InChI=1S/C13H9FN4O2S/c1-7-15-10(6-21-7)12-17-18-13(20-12)16-11(19)8-4-2-3-5-9(8)14/h2-6H,1H3,(H,16,18,19). The van der Waals surface area contributed by atoms with Crippen molar-refractivity contribution in [1.29, 1.82) is 0 Å². The number of nitrogens with one attached hydrogen (secondary N) is 1. The largest absolute Gasteiger partial charge is 0.401 e. The van der Waals surface area contributed by atoms with Crippen LogP contribution in [0.5, 0.6) is 0 Å². The van der Waals surface area contributed by atoms with E-state index in [1.165, 1.54) is 29.5 Å². The molecule has 3 rings (SSSR count). The van der Waals surface area contributed by atoms with Gasteiger partial charge in [-0.15, -0.1) is 16.4 Å². The Morgan fingerprint density at radius 3 is 2.86 bits per heavy atom. The van der Waals surface area contributed by atoms with Crippen molar-refractivity contribution in [3.63, 3.8) is 0 Å². The second-order valence-electron chi connectivity index (χ2n) is 4.10.